The molecule has 0 radical (unpaired) electrons. The highest BCUT2D eigenvalue weighted by molar-refractivity contribution is 6.02. The molecule has 0 unspecified atom stereocenters. The number of nitrogens with one attached hydrogen (secondary N) is 1. The first kappa shape index (κ1) is 19.3. The summed E-state index contributed by atoms with van der Waals surface area (Å²) in [5.74, 6) is 0.491. The maximum atomic E-state index is 12.2. The van der Waals surface area contributed by atoms with Gasteiger partial charge in [0.1, 0.15) is 5.75 Å². The van der Waals surface area contributed by atoms with Gasteiger partial charge in [-0.1, -0.05) is 12.1 Å². The Morgan fingerprint density at radius 2 is 1.77 bits per heavy atom. The molecule has 4 rings (SSSR count). The van der Waals surface area contributed by atoms with Crippen LogP contribution in [-0.2, 0) is 9.59 Å². The molecule has 1 aliphatic rings. The summed E-state index contributed by atoms with van der Waals surface area (Å²) in [6.07, 6.45) is 7.90. The minimum atomic E-state index is -0.242. The summed E-state index contributed by atoms with van der Waals surface area (Å²) in [4.78, 5) is 33.8. The molecule has 1 N–H and O–H groups in total. The zero-order chi connectivity index (χ0) is 20.8. The van der Waals surface area contributed by atoms with Crippen molar-refractivity contribution in [2.75, 3.05) is 16.8 Å². The zero-order valence-electron chi connectivity index (χ0n) is 16.2. The van der Waals surface area contributed by atoms with Gasteiger partial charge in [0.05, 0.1) is 0 Å². The molecular formula is C23H20N4O3. The lowest BCUT2D eigenvalue weighted by Crippen LogP contribution is -2.23. The fraction of sp³-hybridized carbons (Fsp3) is 0.130. The van der Waals surface area contributed by atoms with E-state index in [0.717, 1.165) is 24.2 Å². The summed E-state index contributed by atoms with van der Waals surface area (Å²) in [7, 11) is 0. The van der Waals surface area contributed by atoms with E-state index in [9.17, 15) is 9.59 Å². The van der Waals surface area contributed by atoms with Gasteiger partial charge in [-0.15, -0.1) is 0 Å². The average Bonchev–Trinajstić information content (AvgIpc) is 3.21. The molecule has 1 aromatic heterocycles. The van der Waals surface area contributed by atoms with Gasteiger partial charge < -0.3 is 15.0 Å². The lowest BCUT2D eigenvalue weighted by molar-refractivity contribution is -0.117. The number of nitrogens with zero attached hydrogens (tertiary/aromatic N) is 3. The minimum absolute atomic E-state index is 0.158. The molecule has 7 nitrogen and oxygen atoms in total. The number of aromatic nitrogens is 2. The van der Waals surface area contributed by atoms with Crippen molar-refractivity contribution in [3.8, 4) is 11.8 Å². The Labute approximate surface area is 174 Å². The quantitative estimate of drug-likeness (QED) is 0.631. The monoisotopic (exact) mass is 400 g/mol. The number of hydrogen-bond donors (Lipinski definition) is 1. The zero-order valence-corrected chi connectivity index (χ0v) is 16.2. The molecule has 1 aliphatic heterocycles. The second kappa shape index (κ2) is 9.00. The van der Waals surface area contributed by atoms with Gasteiger partial charge in [-0.2, -0.15) is 0 Å². The van der Waals surface area contributed by atoms with E-state index in [2.05, 4.69) is 15.3 Å². The normalized spacial score (nSPS) is 13.6. The molecule has 2 amide bonds. The summed E-state index contributed by atoms with van der Waals surface area (Å²) in [6, 6.07) is 16.5. The van der Waals surface area contributed by atoms with Crippen LogP contribution in [0.5, 0.6) is 11.8 Å². The Morgan fingerprint density at radius 3 is 2.43 bits per heavy atom. The lowest BCUT2D eigenvalue weighted by Gasteiger charge is -2.15. The van der Waals surface area contributed by atoms with Crippen LogP contribution in [0.3, 0.4) is 0 Å². The van der Waals surface area contributed by atoms with Crippen molar-refractivity contribution in [1.29, 1.82) is 0 Å². The number of anilines is 2. The van der Waals surface area contributed by atoms with Crippen LogP contribution in [0.15, 0.2) is 73.1 Å². The highest BCUT2D eigenvalue weighted by Crippen LogP contribution is 2.22. The first-order valence-electron chi connectivity index (χ1n) is 9.62. The average molecular weight is 400 g/mol. The molecule has 0 atom stereocenters. The van der Waals surface area contributed by atoms with Gasteiger partial charge in [0.2, 0.25) is 11.8 Å². The van der Waals surface area contributed by atoms with Gasteiger partial charge in [0.25, 0.3) is 0 Å². The van der Waals surface area contributed by atoms with Crippen LogP contribution in [0.4, 0.5) is 11.4 Å². The van der Waals surface area contributed by atoms with Gasteiger partial charge in [-0.05, 0) is 60.5 Å². The number of benzene rings is 2. The lowest BCUT2D eigenvalue weighted by atomic mass is 10.2. The van der Waals surface area contributed by atoms with E-state index in [4.69, 9.17) is 4.74 Å². The molecule has 7 heteroatoms. The molecule has 0 bridgehead atoms. The minimum Gasteiger partial charge on any atom is -0.424 e. The molecule has 30 heavy (non-hydrogen) atoms. The third kappa shape index (κ3) is 4.88. The smallest absolute Gasteiger partial charge is 0.321 e. The maximum absolute atomic E-state index is 12.2. The van der Waals surface area contributed by atoms with Crippen LogP contribution in [0.2, 0.25) is 0 Å². The van der Waals surface area contributed by atoms with E-state index in [0.29, 0.717) is 17.9 Å². The third-order valence-electron chi connectivity index (χ3n) is 4.58. The van der Waals surface area contributed by atoms with Gasteiger partial charge in [0.15, 0.2) is 0 Å². The maximum Gasteiger partial charge on any atom is 0.321 e. The van der Waals surface area contributed by atoms with Crippen LogP contribution in [0.1, 0.15) is 18.4 Å². The molecule has 1 fully saturated rings. The van der Waals surface area contributed by atoms with E-state index in [1.807, 2.05) is 24.3 Å². The van der Waals surface area contributed by atoms with Crippen molar-refractivity contribution in [1.82, 2.24) is 9.97 Å². The van der Waals surface area contributed by atoms with Crippen molar-refractivity contribution < 1.29 is 14.3 Å². The molecule has 150 valence electrons. The fourth-order valence-electron chi connectivity index (χ4n) is 3.09. The Morgan fingerprint density at radius 1 is 1.03 bits per heavy atom. The van der Waals surface area contributed by atoms with Crippen molar-refractivity contribution in [3.63, 3.8) is 0 Å². The van der Waals surface area contributed by atoms with Gasteiger partial charge in [-0.25, -0.2) is 9.97 Å². The summed E-state index contributed by atoms with van der Waals surface area (Å²) in [5.41, 5.74) is 2.42. The molecule has 2 aromatic carbocycles. The largest absolute Gasteiger partial charge is 0.424 e. The Balaban J connectivity index is 1.31. The molecule has 2 heterocycles. The fourth-order valence-corrected chi connectivity index (χ4v) is 3.09. The number of rotatable bonds is 6. The number of ether oxygens (including phenoxy) is 1. The summed E-state index contributed by atoms with van der Waals surface area (Å²) in [5, 5.41) is 2.80. The first-order valence-corrected chi connectivity index (χ1v) is 9.62. The molecule has 0 saturated carbocycles. The SMILES string of the molecule is O=C(/C=C/c1ccc(N2CCCC2=O)cc1)Nc1ccc(Oc2ncccn2)cc1. The molecular weight excluding hydrogens is 380 g/mol. The number of carbonyl (C=O) groups excluding carboxylic acids is 2. The topological polar surface area (TPSA) is 84.4 Å². The van der Waals surface area contributed by atoms with Crippen molar-refractivity contribution in [3.05, 3.63) is 78.6 Å². The molecule has 0 spiro atoms. The van der Waals surface area contributed by atoms with Crippen molar-refractivity contribution >= 4 is 29.3 Å². The molecule has 3 aromatic rings. The van der Waals surface area contributed by atoms with Crippen LogP contribution in [-0.4, -0.2) is 28.3 Å². The van der Waals surface area contributed by atoms with Crippen molar-refractivity contribution in [2.45, 2.75) is 12.8 Å². The number of hydrogen-bond acceptors (Lipinski definition) is 5. The van der Waals surface area contributed by atoms with E-state index < -0.39 is 0 Å². The first-order chi connectivity index (χ1) is 14.7. The summed E-state index contributed by atoms with van der Waals surface area (Å²) in [6.45, 7) is 0.763. The summed E-state index contributed by atoms with van der Waals surface area (Å²) >= 11 is 0. The van der Waals surface area contributed by atoms with E-state index in [-0.39, 0.29) is 17.8 Å². The molecule has 0 aliphatic carbocycles. The second-order valence-electron chi connectivity index (χ2n) is 6.72. The Hall–Kier alpha value is -4.00. The highest BCUT2D eigenvalue weighted by Gasteiger charge is 2.21. The van der Waals surface area contributed by atoms with E-state index in [1.54, 1.807) is 53.7 Å². The van der Waals surface area contributed by atoms with E-state index in [1.165, 1.54) is 6.08 Å². The van der Waals surface area contributed by atoms with Crippen LogP contribution in [0, 0.1) is 0 Å². The molecule has 1 saturated heterocycles. The highest BCUT2D eigenvalue weighted by atomic mass is 16.5. The van der Waals surface area contributed by atoms with Crippen molar-refractivity contribution in [2.24, 2.45) is 0 Å². The Bertz CT molecular complexity index is 1050. The third-order valence-corrected chi connectivity index (χ3v) is 4.58. The predicted octanol–water partition coefficient (Wildman–Crippen LogP) is 4.05. The van der Waals surface area contributed by atoms with Crippen LogP contribution >= 0.6 is 0 Å². The predicted molar refractivity (Wildman–Crippen MR) is 114 cm³/mol. The standard InChI is InChI=1S/C23H20N4O3/c28-21(13-6-17-4-9-19(10-5-17)27-16-1-3-22(27)29)26-18-7-11-20(12-8-18)30-23-24-14-2-15-25-23/h2,4-15H,1,3,16H2,(H,26,28)/b13-6+. The van der Waals surface area contributed by atoms with Gasteiger partial charge in [-0.3, -0.25) is 9.59 Å². The van der Waals surface area contributed by atoms with Crippen LogP contribution < -0.4 is 15.0 Å². The van der Waals surface area contributed by atoms with E-state index >= 15 is 0 Å². The number of amides is 2. The summed E-state index contributed by atoms with van der Waals surface area (Å²) < 4.78 is 5.52. The van der Waals surface area contributed by atoms with Gasteiger partial charge in [0, 0.05) is 42.8 Å². The van der Waals surface area contributed by atoms with Crippen LogP contribution in [0.25, 0.3) is 6.08 Å². The second-order valence-corrected chi connectivity index (χ2v) is 6.72. The van der Waals surface area contributed by atoms with Gasteiger partial charge >= 0.3 is 6.01 Å². The Kier molecular flexibility index (Phi) is 5.80. The number of carbonyl (C=O) groups is 2.